The molecule has 65 heavy (non-hydrogen) atoms. The molecular formula is C59H115NO5. The SMILES string of the molecule is CCCCCCCCCCCC/C=C\CCCCCCCCC(O)C(=O)NC(CO)C(O)C(O)CCC/C=C/CCCCCCCCCCCCCCCCCCCCCCCCCC. The lowest BCUT2D eigenvalue weighted by molar-refractivity contribution is -0.132. The highest BCUT2D eigenvalue weighted by molar-refractivity contribution is 5.80. The van der Waals surface area contributed by atoms with Crippen LogP contribution in [0.2, 0.25) is 0 Å². The molecule has 0 bridgehead atoms. The van der Waals surface area contributed by atoms with Crippen molar-refractivity contribution in [3.05, 3.63) is 24.3 Å². The van der Waals surface area contributed by atoms with Crippen LogP contribution < -0.4 is 5.32 Å². The lowest BCUT2D eigenvalue weighted by atomic mass is 10.00. The number of aliphatic hydroxyl groups is 4. The minimum atomic E-state index is -1.28. The van der Waals surface area contributed by atoms with E-state index in [4.69, 9.17) is 0 Å². The van der Waals surface area contributed by atoms with Crippen LogP contribution in [-0.4, -0.2) is 57.3 Å². The van der Waals surface area contributed by atoms with Gasteiger partial charge in [0.05, 0.1) is 18.8 Å². The van der Waals surface area contributed by atoms with Gasteiger partial charge in [-0.2, -0.15) is 0 Å². The van der Waals surface area contributed by atoms with E-state index in [1.807, 2.05) is 0 Å². The molecule has 0 heterocycles. The lowest BCUT2D eigenvalue weighted by Gasteiger charge is -2.27. The smallest absolute Gasteiger partial charge is 0.249 e. The summed E-state index contributed by atoms with van der Waals surface area (Å²) >= 11 is 0. The molecule has 0 rings (SSSR count). The van der Waals surface area contributed by atoms with Crippen molar-refractivity contribution in [1.82, 2.24) is 5.32 Å². The summed E-state index contributed by atoms with van der Waals surface area (Å²) in [6, 6.07) is -1.00. The summed E-state index contributed by atoms with van der Waals surface area (Å²) in [6.45, 7) is 4.08. The summed E-state index contributed by atoms with van der Waals surface area (Å²) in [7, 11) is 0. The van der Waals surface area contributed by atoms with Gasteiger partial charge >= 0.3 is 0 Å². The second-order valence-corrected chi connectivity index (χ2v) is 20.3. The molecule has 6 heteroatoms. The Morgan fingerprint density at radius 2 is 0.631 bits per heavy atom. The molecule has 1 amide bonds. The standard InChI is InChI=1S/C59H115NO5/c1-3-5-7-9-11-13-15-17-19-21-23-25-26-27-28-29-30-31-32-33-35-36-38-40-42-44-46-48-50-52-56(62)58(64)55(54-61)60-59(65)57(63)53-51-49-47-45-43-41-39-37-34-24-22-20-18-16-14-12-10-8-6-4-2/h34,37,44,46,55-58,61-64H,3-33,35-36,38-43,45,47-54H2,1-2H3,(H,60,65)/b37-34-,46-44+. The zero-order valence-corrected chi connectivity index (χ0v) is 43.8. The molecule has 0 saturated carbocycles. The number of amides is 1. The van der Waals surface area contributed by atoms with Crippen LogP contribution >= 0.6 is 0 Å². The van der Waals surface area contributed by atoms with Crippen LogP contribution in [0.25, 0.3) is 0 Å². The molecular weight excluding hydrogens is 803 g/mol. The molecule has 0 spiro atoms. The maximum atomic E-state index is 12.6. The van der Waals surface area contributed by atoms with Gasteiger partial charge in [-0.3, -0.25) is 4.79 Å². The fourth-order valence-corrected chi connectivity index (χ4v) is 9.29. The second kappa shape index (κ2) is 53.7. The molecule has 4 unspecified atom stereocenters. The van der Waals surface area contributed by atoms with Crippen LogP contribution in [-0.2, 0) is 4.79 Å². The number of hydrogen-bond acceptors (Lipinski definition) is 5. The third kappa shape index (κ3) is 47.6. The fourth-order valence-electron chi connectivity index (χ4n) is 9.29. The Labute approximate surface area is 405 Å². The monoisotopic (exact) mass is 918 g/mol. The van der Waals surface area contributed by atoms with Crippen LogP contribution in [0.1, 0.15) is 316 Å². The van der Waals surface area contributed by atoms with Gasteiger partial charge in [-0.25, -0.2) is 0 Å². The number of allylic oxidation sites excluding steroid dienone is 4. The minimum Gasteiger partial charge on any atom is -0.394 e. The average molecular weight is 919 g/mol. The molecule has 0 fully saturated rings. The van der Waals surface area contributed by atoms with Gasteiger partial charge in [-0.15, -0.1) is 0 Å². The molecule has 0 saturated heterocycles. The highest BCUT2D eigenvalue weighted by atomic mass is 16.3. The molecule has 6 nitrogen and oxygen atoms in total. The van der Waals surface area contributed by atoms with Crippen molar-refractivity contribution in [2.24, 2.45) is 0 Å². The van der Waals surface area contributed by atoms with E-state index in [-0.39, 0.29) is 0 Å². The van der Waals surface area contributed by atoms with Gasteiger partial charge in [0.2, 0.25) is 5.91 Å². The number of rotatable bonds is 54. The van der Waals surface area contributed by atoms with Crippen LogP contribution in [0.3, 0.4) is 0 Å². The Bertz CT molecular complexity index is 986. The Morgan fingerprint density at radius 3 is 0.923 bits per heavy atom. The quantitative estimate of drug-likeness (QED) is 0.0308. The third-order valence-corrected chi connectivity index (χ3v) is 13.9. The summed E-state index contributed by atoms with van der Waals surface area (Å²) in [4.78, 5) is 12.6. The number of hydrogen-bond donors (Lipinski definition) is 5. The van der Waals surface area contributed by atoms with Crippen LogP contribution in [0.4, 0.5) is 0 Å². The highest BCUT2D eigenvalue weighted by Crippen LogP contribution is 2.18. The van der Waals surface area contributed by atoms with Crippen molar-refractivity contribution in [2.75, 3.05) is 6.61 Å². The highest BCUT2D eigenvalue weighted by Gasteiger charge is 2.28. The van der Waals surface area contributed by atoms with E-state index in [1.54, 1.807) is 0 Å². The summed E-state index contributed by atoms with van der Waals surface area (Å²) in [5.74, 6) is -0.594. The number of unbranched alkanes of at least 4 members (excludes halogenated alkanes) is 41. The minimum absolute atomic E-state index is 0.357. The normalized spacial score (nSPS) is 13.9. The summed E-state index contributed by atoms with van der Waals surface area (Å²) in [6.07, 6.45) is 65.5. The predicted octanol–water partition coefficient (Wildman–Crippen LogP) is 17.0. The number of carbonyl (C=O) groups excluding carboxylic acids is 1. The fraction of sp³-hybridized carbons (Fsp3) is 0.915. The molecule has 0 radical (unpaired) electrons. The largest absolute Gasteiger partial charge is 0.394 e. The van der Waals surface area contributed by atoms with Crippen molar-refractivity contribution in [3.8, 4) is 0 Å². The molecule has 4 atom stereocenters. The molecule has 386 valence electrons. The van der Waals surface area contributed by atoms with Crippen molar-refractivity contribution >= 4 is 5.91 Å². The van der Waals surface area contributed by atoms with Gasteiger partial charge in [-0.05, 0) is 64.2 Å². The topological polar surface area (TPSA) is 110 Å². The lowest BCUT2D eigenvalue weighted by Crippen LogP contribution is -2.53. The summed E-state index contributed by atoms with van der Waals surface area (Å²) in [5, 5.41) is 44.0. The molecule has 0 aromatic rings. The molecule has 0 aliphatic rings. The summed E-state index contributed by atoms with van der Waals surface area (Å²) < 4.78 is 0. The van der Waals surface area contributed by atoms with Crippen LogP contribution in [0.15, 0.2) is 24.3 Å². The van der Waals surface area contributed by atoms with E-state index >= 15 is 0 Å². The first-order chi connectivity index (χ1) is 32.0. The zero-order valence-electron chi connectivity index (χ0n) is 43.8. The molecule has 5 N–H and O–H groups in total. The Hall–Kier alpha value is -1.21. The van der Waals surface area contributed by atoms with E-state index < -0.39 is 36.9 Å². The second-order valence-electron chi connectivity index (χ2n) is 20.3. The molecule has 0 aromatic heterocycles. The average Bonchev–Trinajstić information content (AvgIpc) is 3.31. The Balaban J connectivity index is 3.63. The van der Waals surface area contributed by atoms with Crippen LogP contribution in [0, 0.1) is 0 Å². The van der Waals surface area contributed by atoms with E-state index in [0.717, 1.165) is 44.9 Å². The van der Waals surface area contributed by atoms with Gasteiger partial charge in [0.25, 0.3) is 0 Å². The Morgan fingerprint density at radius 1 is 0.369 bits per heavy atom. The van der Waals surface area contributed by atoms with Crippen molar-refractivity contribution in [1.29, 1.82) is 0 Å². The van der Waals surface area contributed by atoms with Gasteiger partial charge < -0.3 is 25.7 Å². The number of aliphatic hydroxyl groups excluding tert-OH is 4. The van der Waals surface area contributed by atoms with Crippen molar-refractivity contribution < 1.29 is 25.2 Å². The summed E-state index contributed by atoms with van der Waals surface area (Å²) in [5.41, 5.74) is 0. The van der Waals surface area contributed by atoms with Crippen LogP contribution in [0.5, 0.6) is 0 Å². The van der Waals surface area contributed by atoms with Crippen molar-refractivity contribution in [2.45, 2.75) is 340 Å². The van der Waals surface area contributed by atoms with E-state index in [9.17, 15) is 25.2 Å². The molecule has 0 aliphatic carbocycles. The first kappa shape index (κ1) is 63.8. The van der Waals surface area contributed by atoms with E-state index in [1.165, 1.54) is 244 Å². The van der Waals surface area contributed by atoms with E-state index in [0.29, 0.717) is 12.8 Å². The number of carbonyl (C=O) groups is 1. The van der Waals surface area contributed by atoms with Gasteiger partial charge in [0.15, 0.2) is 0 Å². The maximum absolute atomic E-state index is 12.6. The number of nitrogens with one attached hydrogen (secondary N) is 1. The maximum Gasteiger partial charge on any atom is 0.249 e. The zero-order chi connectivity index (χ0) is 47.4. The first-order valence-corrected chi connectivity index (χ1v) is 29.2. The van der Waals surface area contributed by atoms with Gasteiger partial charge in [0, 0.05) is 0 Å². The molecule has 0 aromatic carbocycles. The molecule has 0 aliphatic heterocycles. The van der Waals surface area contributed by atoms with E-state index in [2.05, 4.69) is 43.5 Å². The van der Waals surface area contributed by atoms with Crippen molar-refractivity contribution in [3.63, 3.8) is 0 Å². The first-order valence-electron chi connectivity index (χ1n) is 29.2. The predicted molar refractivity (Wildman–Crippen MR) is 284 cm³/mol. The Kier molecular flexibility index (Phi) is 52.7. The van der Waals surface area contributed by atoms with Gasteiger partial charge in [0.1, 0.15) is 12.2 Å². The van der Waals surface area contributed by atoms with Gasteiger partial charge in [-0.1, -0.05) is 276 Å². The third-order valence-electron chi connectivity index (χ3n) is 13.9.